The predicted molar refractivity (Wildman–Crippen MR) is 10.8 cm³/mol. The summed E-state index contributed by atoms with van der Waals surface area (Å²) >= 11 is 0. The Morgan fingerprint density at radius 3 is 1.75 bits per heavy atom. The van der Waals surface area contributed by atoms with Crippen LogP contribution in [0.3, 0.4) is 0 Å². The number of hydrogen-bond acceptors (Lipinski definition) is 2. The molecule has 0 spiro atoms. The van der Waals surface area contributed by atoms with Crippen molar-refractivity contribution in [3.8, 4) is 0 Å². The average molecular weight is 88.0 g/mol. The second-order valence-corrected chi connectivity index (χ2v) is 0.289. The third-order valence-electron chi connectivity index (χ3n) is 0. The Balaban J connectivity index is 0. The van der Waals surface area contributed by atoms with Crippen LogP contribution in [0.5, 0.6) is 0 Å². The molecule has 0 aromatic heterocycles. The molecule has 0 saturated heterocycles. The molecular formula is H2NaO2P. The summed E-state index contributed by atoms with van der Waals surface area (Å²) in [5.74, 6) is 0. The summed E-state index contributed by atoms with van der Waals surface area (Å²) in [5.41, 5.74) is 0. The van der Waals surface area contributed by atoms with Crippen molar-refractivity contribution in [2.75, 3.05) is 0 Å². The number of hydrogen-bond donors (Lipinski definition) is 0. The second kappa shape index (κ2) is 8.84. The molecule has 20 valence electrons. The maximum atomic E-state index is 8.39. The summed E-state index contributed by atoms with van der Waals surface area (Å²) in [6.07, 6.45) is 0. The van der Waals surface area contributed by atoms with Gasteiger partial charge in [-0.1, -0.05) is 0 Å². The van der Waals surface area contributed by atoms with E-state index >= 15 is 0 Å². The third kappa shape index (κ3) is 10.2. The van der Waals surface area contributed by atoms with Crippen LogP contribution >= 0.6 is 9.47 Å². The number of rotatable bonds is 0. The van der Waals surface area contributed by atoms with Crippen LogP contribution in [0.4, 0.5) is 0 Å². The van der Waals surface area contributed by atoms with E-state index in [9.17, 15) is 0 Å². The Hall–Kier alpha value is 1.35. The summed E-state index contributed by atoms with van der Waals surface area (Å²) in [6, 6.07) is 0. The van der Waals surface area contributed by atoms with Crippen LogP contribution in [-0.4, -0.2) is 0 Å². The summed E-state index contributed by atoms with van der Waals surface area (Å²) in [5, 5.41) is 8.39. The van der Waals surface area contributed by atoms with Gasteiger partial charge in [0.2, 0.25) is 0 Å². The Bertz CT molecular complexity index is 6.00. The molecule has 0 rings (SSSR count). The van der Waals surface area contributed by atoms with Gasteiger partial charge >= 0.3 is 29.6 Å². The predicted octanol–water partition coefficient (Wildman–Crippen LogP) is -3.93. The standard InChI is InChI=1S/Na.H3O2P/c;1-2-3/h;1H,3H2/q+1;/p-1. The molecule has 0 N–H and O–H groups in total. The molecule has 0 aliphatic carbocycles. The molecule has 0 amide bonds. The molecule has 0 aliphatic rings. The minimum Gasteiger partial charge on any atom is -0.720 e. The topological polar surface area (TPSA) is 32.3 Å². The zero-order valence-electron chi connectivity index (χ0n) is 2.39. The van der Waals surface area contributed by atoms with Crippen molar-refractivity contribution in [3.05, 3.63) is 0 Å². The fourth-order valence-electron chi connectivity index (χ4n) is 0. The van der Waals surface area contributed by atoms with Crippen LogP contribution in [0.25, 0.3) is 0 Å². The molecule has 0 fully saturated rings. The van der Waals surface area contributed by atoms with Crippen LogP contribution < -0.4 is 34.8 Å². The van der Waals surface area contributed by atoms with Gasteiger partial charge in [0, 0.05) is 0 Å². The van der Waals surface area contributed by atoms with E-state index < -0.39 is 0 Å². The summed E-state index contributed by atoms with van der Waals surface area (Å²) in [7, 11) is 1.52. The SMILES string of the molecule is [Na+].[O-]OP. The molecular weight excluding hydrogens is 86.0 g/mol. The van der Waals surface area contributed by atoms with Gasteiger partial charge in [0.15, 0.2) is 0 Å². The smallest absolute Gasteiger partial charge is 0.720 e. The fraction of sp³-hybridized carbons (Fsp3) is 0. The maximum absolute atomic E-state index is 8.39. The van der Waals surface area contributed by atoms with Gasteiger partial charge in [0.25, 0.3) is 0 Å². The van der Waals surface area contributed by atoms with Gasteiger partial charge in [-0.25, -0.2) is 0 Å². The molecule has 0 aromatic carbocycles. The van der Waals surface area contributed by atoms with Crippen LogP contribution in [0.1, 0.15) is 0 Å². The average Bonchev–Trinajstić information content (AvgIpc) is 0.918. The first-order valence-corrected chi connectivity index (χ1v) is 0.874. The third-order valence-corrected chi connectivity index (χ3v) is 0. The van der Waals surface area contributed by atoms with Gasteiger partial charge in [-0.05, 0) is 9.47 Å². The fourth-order valence-corrected chi connectivity index (χ4v) is 0. The van der Waals surface area contributed by atoms with Crippen molar-refractivity contribution >= 4 is 9.47 Å². The van der Waals surface area contributed by atoms with E-state index in [1.165, 1.54) is 9.47 Å². The minimum absolute atomic E-state index is 0. The summed E-state index contributed by atoms with van der Waals surface area (Å²) in [4.78, 5) is 0. The van der Waals surface area contributed by atoms with E-state index in [1.54, 1.807) is 0 Å². The molecule has 1 atom stereocenters. The Morgan fingerprint density at radius 2 is 1.75 bits per heavy atom. The van der Waals surface area contributed by atoms with E-state index in [1.807, 2.05) is 0 Å². The molecule has 0 heterocycles. The molecule has 4 heavy (non-hydrogen) atoms. The molecule has 0 saturated carbocycles. The molecule has 0 aliphatic heterocycles. The molecule has 0 aromatic rings. The Kier molecular flexibility index (Phi) is 19.9. The molecule has 2 nitrogen and oxygen atoms in total. The van der Waals surface area contributed by atoms with E-state index in [2.05, 4.69) is 4.67 Å². The largest absolute Gasteiger partial charge is 1.00 e. The van der Waals surface area contributed by atoms with Gasteiger partial charge in [-0.2, -0.15) is 0 Å². The van der Waals surface area contributed by atoms with Crippen LogP contribution in [0, 0.1) is 0 Å². The second-order valence-electron chi connectivity index (χ2n) is 0.0962. The van der Waals surface area contributed by atoms with E-state index in [0.29, 0.717) is 0 Å². The monoisotopic (exact) mass is 88.0 g/mol. The molecule has 4 heteroatoms. The van der Waals surface area contributed by atoms with Crippen molar-refractivity contribution in [2.24, 2.45) is 0 Å². The van der Waals surface area contributed by atoms with Crippen molar-refractivity contribution < 1.29 is 39.5 Å². The Morgan fingerprint density at radius 1 is 1.75 bits per heavy atom. The molecule has 0 radical (unpaired) electrons. The Labute approximate surface area is 49.0 Å². The summed E-state index contributed by atoms with van der Waals surface area (Å²) in [6.45, 7) is 0. The van der Waals surface area contributed by atoms with Gasteiger partial charge in [-0.3, -0.25) is 0 Å². The van der Waals surface area contributed by atoms with Crippen LogP contribution in [-0.2, 0) is 4.67 Å². The van der Waals surface area contributed by atoms with Crippen LogP contribution in [0.15, 0.2) is 0 Å². The first-order valence-electron chi connectivity index (χ1n) is 0.402. The van der Waals surface area contributed by atoms with E-state index in [0.717, 1.165) is 0 Å². The zero-order valence-corrected chi connectivity index (χ0v) is 5.55. The normalized spacial score (nSPS) is 4.50. The van der Waals surface area contributed by atoms with Crippen molar-refractivity contribution in [2.45, 2.75) is 0 Å². The molecule has 0 bridgehead atoms. The van der Waals surface area contributed by atoms with Crippen molar-refractivity contribution in [1.29, 1.82) is 0 Å². The minimum atomic E-state index is 0. The van der Waals surface area contributed by atoms with Gasteiger partial charge in [0.1, 0.15) is 0 Å². The summed E-state index contributed by atoms with van der Waals surface area (Å²) < 4.78 is 2.92. The van der Waals surface area contributed by atoms with Gasteiger partial charge in [0.05, 0.1) is 0 Å². The first kappa shape index (κ1) is 9.02. The van der Waals surface area contributed by atoms with Gasteiger partial charge < -0.3 is 9.93 Å². The van der Waals surface area contributed by atoms with Crippen molar-refractivity contribution in [1.82, 2.24) is 0 Å². The van der Waals surface area contributed by atoms with E-state index in [4.69, 9.17) is 5.26 Å². The van der Waals surface area contributed by atoms with Crippen molar-refractivity contribution in [3.63, 3.8) is 0 Å². The van der Waals surface area contributed by atoms with E-state index in [-0.39, 0.29) is 29.6 Å². The maximum Gasteiger partial charge on any atom is 1.00 e. The quantitative estimate of drug-likeness (QED) is 0.131. The first-order chi connectivity index (χ1) is 1.41. The van der Waals surface area contributed by atoms with Gasteiger partial charge in [-0.15, -0.1) is 0 Å². The zero-order chi connectivity index (χ0) is 2.71. The van der Waals surface area contributed by atoms with Crippen LogP contribution in [0.2, 0.25) is 0 Å². The molecule has 1 unspecified atom stereocenters.